The summed E-state index contributed by atoms with van der Waals surface area (Å²) < 4.78 is 2.39. The number of nitrogens with zero attached hydrogens (tertiary/aromatic N) is 2. The molecular weight excluding hydrogens is 556 g/mol. The third-order valence-electron chi connectivity index (χ3n) is 9.62. The maximum Gasteiger partial charge on any atom is 0.0794 e. The van der Waals surface area contributed by atoms with E-state index in [1.165, 1.54) is 76.6 Å². The van der Waals surface area contributed by atoms with Gasteiger partial charge in [-0.2, -0.15) is 0 Å². The Bertz CT molecular complexity index is 2600. The Morgan fingerprint density at radius 3 is 1.61 bits per heavy atom. The van der Waals surface area contributed by atoms with Crippen molar-refractivity contribution in [3.63, 3.8) is 0 Å². The van der Waals surface area contributed by atoms with Gasteiger partial charge in [-0.1, -0.05) is 115 Å². The molecule has 0 saturated carbocycles. The van der Waals surface area contributed by atoms with Crippen LogP contribution in [-0.2, 0) is 0 Å². The summed E-state index contributed by atoms with van der Waals surface area (Å²) >= 11 is 0. The Morgan fingerprint density at radius 1 is 0.457 bits per heavy atom. The van der Waals surface area contributed by atoms with E-state index in [1.54, 1.807) is 0 Å². The van der Waals surface area contributed by atoms with E-state index in [2.05, 4.69) is 165 Å². The van der Waals surface area contributed by atoms with Crippen molar-refractivity contribution in [1.82, 2.24) is 9.55 Å². The van der Waals surface area contributed by atoms with Crippen LogP contribution < -0.4 is 0 Å². The number of para-hydroxylation sites is 2. The van der Waals surface area contributed by atoms with Gasteiger partial charge in [0.15, 0.2) is 0 Å². The van der Waals surface area contributed by atoms with Crippen LogP contribution in [0.25, 0.3) is 82.3 Å². The molecule has 0 unspecified atom stereocenters. The molecule has 2 heterocycles. The van der Waals surface area contributed by atoms with Crippen LogP contribution in [0.5, 0.6) is 0 Å². The molecule has 218 valence electrons. The average molecular weight is 589 g/mol. The molecule has 0 N–H and O–H groups in total. The van der Waals surface area contributed by atoms with E-state index < -0.39 is 0 Å². The smallest absolute Gasteiger partial charge is 0.0794 e. The molecule has 2 aromatic heterocycles. The molecule has 0 aliphatic carbocycles. The van der Waals surface area contributed by atoms with Gasteiger partial charge in [0.1, 0.15) is 0 Å². The number of aromatic nitrogens is 2. The van der Waals surface area contributed by atoms with Crippen molar-refractivity contribution < 1.29 is 0 Å². The van der Waals surface area contributed by atoms with Gasteiger partial charge in [0.2, 0.25) is 0 Å². The second-order valence-corrected chi connectivity index (χ2v) is 12.6. The largest absolute Gasteiger partial charge is 0.309 e. The summed E-state index contributed by atoms with van der Waals surface area (Å²) in [7, 11) is 0. The van der Waals surface area contributed by atoms with Crippen LogP contribution >= 0.6 is 0 Å². The van der Waals surface area contributed by atoms with Gasteiger partial charge < -0.3 is 4.57 Å². The summed E-state index contributed by atoms with van der Waals surface area (Å²) in [5.74, 6) is 0. The lowest BCUT2D eigenvalue weighted by Gasteiger charge is -2.19. The van der Waals surface area contributed by atoms with Crippen molar-refractivity contribution in [2.45, 2.75) is 20.8 Å². The SMILES string of the molecule is Cc1cc(C)c(-c2cc3c4ccccc4c4ccccc4c3nc2-c2cccc(-n3c4ccccc4c4ccccc43)c2)c(C)c1. The van der Waals surface area contributed by atoms with Crippen LogP contribution in [-0.4, -0.2) is 9.55 Å². The van der Waals surface area contributed by atoms with E-state index in [0.29, 0.717) is 0 Å². The molecule has 0 bridgehead atoms. The molecule has 2 nitrogen and oxygen atoms in total. The summed E-state index contributed by atoms with van der Waals surface area (Å²) in [5, 5.41) is 8.62. The minimum absolute atomic E-state index is 1.01. The second-order valence-electron chi connectivity index (χ2n) is 12.6. The van der Waals surface area contributed by atoms with Crippen molar-refractivity contribution in [2.24, 2.45) is 0 Å². The Kier molecular flexibility index (Phi) is 5.88. The van der Waals surface area contributed by atoms with Gasteiger partial charge in [-0.3, -0.25) is 0 Å². The van der Waals surface area contributed by atoms with Crippen LogP contribution in [0.1, 0.15) is 16.7 Å². The zero-order valence-electron chi connectivity index (χ0n) is 26.2. The summed E-state index contributed by atoms with van der Waals surface area (Å²) in [6.45, 7) is 6.64. The van der Waals surface area contributed by atoms with Crippen molar-refractivity contribution in [3.8, 4) is 28.1 Å². The number of benzene rings is 7. The normalized spacial score (nSPS) is 11.8. The fraction of sp³-hybridized carbons (Fsp3) is 0.0682. The number of rotatable bonds is 3. The lowest BCUT2D eigenvalue weighted by molar-refractivity contribution is 1.18. The van der Waals surface area contributed by atoms with Crippen molar-refractivity contribution in [3.05, 3.63) is 156 Å². The Hall–Kier alpha value is -5.73. The van der Waals surface area contributed by atoms with Gasteiger partial charge in [0.05, 0.1) is 22.2 Å². The highest BCUT2D eigenvalue weighted by molar-refractivity contribution is 6.25. The zero-order valence-corrected chi connectivity index (χ0v) is 26.2. The van der Waals surface area contributed by atoms with Crippen LogP contribution in [0.4, 0.5) is 0 Å². The molecule has 0 fully saturated rings. The lowest BCUT2D eigenvalue weighted by atomic mass is 9.88. The van der Waals surface area contributed by atoms with E-state index in [4.69, 9.17) is 4.98 Å². The Balaban J connectivity index is 1.40. The van der Waals surface area contributed by atoms with Crippen LogP contribution in [0, 0.1) is 20.8 Å². The highest BCUT2D eigenvalue weighted by Gasteiger charge is 2.20. The molecule has 0 spiro atoms. The third-order valence-corrected chi connectivity index (χ3v) is 9.62. The maximum absolute atomic E-state index is 5.64. The van der Waals surface area contributed by atoms with Crippen molar-refractivity contribution in [2.75, 3.05) is 0 Å². The first-order chi connectivity index (χ1) is 22.6. The molecule has 0 aliphatic heterocycles. The van der Waals surface area contributed by atoms with E-state index in [1.807, 2.05) is 0 Å². The first-order valence-corrected chi connectivity index (χ1v) is 16.0. The molecule has 46 heavy (non-hydrogen) atoms. The summed E-state index contributed by atoms with van der Waals surface area (Å²) in [6.07, 6.45) is 0. The molecule has 9 rings (SSSR count). The maximum atomic E-state index is 5.64. The first-order valence-electron chi connectivity index (χ1n) is 16.0. The van der Waals surface area contributed by atoms with E-state index in [0.717, 1.165) is 22.5 Å². The predicted molar refractivity (Wildman–Crippen MR) is 196 cm³/mol. The fourth-order valence-corrected chi connectivity index (χ4v) is 7.81. The highest BCUT2D eigenvalue weighted by Crippen LogP contribution is 2.42. The quantitative estimate of drug-likeness (QED) is 0.188. The van der Waals surface area contributed by atoms with E-state index in [9.17, 15) is 0 Å². The van der Waals surface area contributed by atoms with Gasteiger partial charge in [-0.15, -0.1) is 0 Å². The zero-order chi connectivity index (χ0) is 30.9. The van der Waals surface area contributed by atoms with Crippen molar-refractivity contribution in [1.29, 1.82) is 0 Å². The molecule has 2 heteroatoms. The average Bonchev–Trinajstić information content (AvgIpc) is 3.42. The minimum atomic E-state index is 1.01. The summed E-state index contributed by atoms with van der Waals surface area (Å²) in [5.41, 5.74) is 12.9. The van der Waals surface area contributed by atoms with Gasteiger partial charge in [-0.05, 0) is 84.0 Å². The third kappa shape index (κ3) is 3.93. The molecule has 0 radical (unpaired) electrons. The number of hydrogen-bond acceptors (Lipinski definition) is 1. The molecule has 0 atom stereocenters. The molecule has 0 saturated heterocycles. The number of fused-ring (bicyclic) bond motifs is 9. The minimum Gasteiger partial charge on any atom is -0.309 e. The Labute approximate surface area is 268 Å². The van der Waals surface area contributed by atoms with Crippen molar-refractivity contribution >= 4 is 54.3 Å². The Morgan fingerprint density at radius 2 is 0.978 bits per heavy atom. The predicted octanol–water partition coefficient (Wildman–Crippen LogP) is 11.9. The molecule has 0 amide bonds. The van der Waals surface area contributed by atoms with Crippen LogP contribution in [0.15, 0.2) is 140 Å². The number of hydrogen-bond donors (Lipinski definition) is 0. The highest BCUT2D eigenvalue weighted by atomic mass is 15.0. The van der Waals surface area contributed by atoms with E-state index in [-0.39, 0.29) is 0 Å². The van der Waals surface area contributed by atoms with Crippen LogP contribution in [0.2, 0.25) is 0 Å². The van der Waals surface area contributed by atoms with Gasteiger partial charge in [0, 0.05) is 38.4 Å². The lowest BCUT2D eigenvalue weighted by Crippen LogP contribution is -1.99. The van der Waals surface area contributed by atoms with Gasteiger partial charge in [-0.25, -0.2) is 4.98 Å². The topological polar surface area (TPSA) is 17.8 Å². The van der Waals surface area contributed by atoms with Gasteiger partial charge >= 0.3 is 0 Å². The monoisotopic (exact) mass is 588 g/mol. The second kappa shape index (κ2) is 10.2. The molecular formula is C44H32N2. The van der Waals surface area contributed by atoms with Crippen LogP contribution in [0.3, 0.4) is 0 Å². The molecule has 0 aliphatic rings. The first kappa shape index (κ1) is 26.7. The van der Waals surface area contributed by atoms with E-state index >= 15 is 0 Å². The molecule has 9 aromatic rings. The van der Waals surface area contributed by atoms with Gasteiger partial charge in [0.25, 0.3) is 0 Å². The molecule has 7 aromatic carbocycles. The number of aryl methyl sites for hydroxylation is 3. The summed E-state index contributed by atoms with van der Waals surface area (Å²) in [6, 6.07) is 50.8. The summed E-state index contributed by atoms with van der Waals surface area (Å²) in [4.78, 5) is 5.64. The number of pyridine rings is 1. The fourth-order valence-electron chi connectivity index (χ4n) is 7.81. The standard InChI is InChI=1S/C44H32N2/c1-27-23-28(2)42(29(3)24-27)39-26-38-34-17-5-4-15-32(34)33-16-6-7-20-37(33)44(38)45-43(39)30-13-12-14-31(25-30)46-40-21-10-8-18-35(40)36-19-9-11-22-41(36)46/h4-26H,1-3H3.